The van der Waals surface area contributed by atoms with Gasteiger partial charge in [-0.25, -0.2) is 4.98 Å². The Hall–Kier alpha value is -2.30. The molecule has 0 aliphatic rings. The normalized spacial score (nSPS) is 10.3. The Morgan fingerprint density at radius 1 is 1.35 bits per heavy atom. The van der Waals surface area contributed by atoms with Gasteiger partial charge in [0.05, 0.1) is 18.6 Å². The minimum Gasteiger partial charge on any atom is -0.379 e. The topological polar surface area (TPSA) is 59.0 Å². The molecule has 5 nitrogen and oxygen atoms in total. The standard InChI is InChI=1S/C15H20N4O/c1-3-17-15(20)12-6-5-7-13(8-12)18-10-14-9-16-11-19(14)4-2/h5-9,11,18H,3-4,10H2,1-2H3,(H,17,20). The van der Waals surface area contributed by atoms with Gasteiger partial charge in [0.1, 0.15) is 0 Å². The van der Waals surface area contributed by atoms with Crippen molar-refractivity contribution < 1.29 is 4.79 Å². The number of amides is 1. The highest BCUT2D eigenvalue weighted by molar-refractivity contribution is 5.95. The molecule has 106 valence electrons. The van der Waals surface area contributed by atoms with Gasteiger partial charge in [-0.3, -0.25) is 4.79 Å². The minimum absolute atomic E-state index is 0.0465. The van der Waals surface area contributed by atoms with E-state index in [9.17, 15) is 4.79 Å². The largest absolute Gasteiger partial charge is 0.379 e. The van der Waals surface area contributed by atoms with Gasteiger partial charge in [-0.1, -0.05) is 6.07 Å². The summed E-state index contributed by atoms with van der Waals surface area (Å²) in [5.74, 6) is -0.0465. The van der Waals surface area contributed by atoms with Crippen molar-refractivity contribution in [3.05, 3.63) is 48.0 Å². The second-order valence-corrected chi connectivity index (χ2v) is 4.46. The van der Waals surface area contributed by atoms with E-state index in [-0.39, 0.29) is 5.91 Å². The predicted molar refractivity (Wildman–Crippen MR) is 79.7 cm³/mol. The van der Waals surface area contributed by atoms with E-state index >= 15 is 0 Å². The number of nitrogens with zero attached hydrogens (tertiary/aromatic N) is 2. The molecule has 0 saturated carbocycles. The fraction of sp³-hybridized carbons (Fsp3) is 0.333. The zero-order valence-electron chi connectivity index (χ0n) is 11.9. The summed E-state index contributed by atoms with van der Waals surface area (Å²) in [6, 6.07) is 7.50. The van der Waals surface area contributed by atoms with Crippen molar-refractivity contribution in [3.8, 4) is 0 Å². The highest BCUT2D eigenvalue weighted by Crippen LogP contribution is 2.12. The van der Waals surface area contributed by atoms with Gasteiger partial charge in [-0.2, -0.15) is 0 Å². The molecule has 0 atom stereocenters. The number of aryl methyl sites for hydroxylation is 1. The van der Waals surface area contributed by atoms with Crippen LogP contribution in [-0.4, -0.2) is 22.0 Å². The van der Waals surface area contributed by atoms with Gasteiger partial charge in [0.2, 0.25) is 0 Å². The van der Waals surface area contributed by atoms with Crippen LogP contribution >= 0.6 is 0 Å². The molecule has 2 aromatic rings. The molecule has 1 aromatic heterocycles. The molecular weight excluding hydrogens is 252 g/mol. The average molecular weight is 272 g/mol. The van der Waals surface area contributed by atoms with E-state index in [0.29, 0.717) is 18.7 Å². The van der Waals surface area contributed by atoms with E-state index in [2.05, 4.69) is 27.1 Å². The third-order valence-electron chi connectivity index (χ3n) is 3.07. The number of aromatic nitrogens is 2. The Morgan fingerprint density at radius 3 is 2.95 bits per heavy atom. The van der Waals surface area contributed by atoms with E-state index < -0.39 is 0 Å². The van der Waals surface area contributed by atoms with Crippen molar-refractivity contribution >= 4 is 11.6 Å². The number of hydrogen-bond donors (Lipinski definition) is 2. The van der Waals surface area contributed by atoms with Crippen LogP contribution < -0.4 is 10.6 Å². The van der Waals surface area contributed by atoms with Gasteiger partial charge >= 0.3 is 0 Å². The first-order valence-electron chi connectivity index (χ1n) is 6.85. The molecule has 0 saturated heterocycles. The van der Waals surface area contributed by atoms with Gasteiger partial charge in [0, 0.05) is 30.5 Å². The molecule has 20 heavy (non-hydrogen) atoms. The Bertz CT molecular complexity index is 577. The van der Waals surface area contributed by atoms with Crippen molar-refractivity contribution in [1.29, 1.82) is 0 Å². The van der Waals surface area contributed by atoms with E-state index in [4.69, 9.17) is 0 Å². The van der Waals surface area contributed by atoms with E-state index in [0.717, 1.165) is 17.9 Å². The van der Waals surface area contributed by atoms with Gasteiger partial charge in [-0.05, 0) is 32.0 Å². The maximum absolute atomic E-state index is 11.8. The summed E-state index contributed by atoms with van der Waals surface area (Å²) < 4.78 is 2.08. The number of imidazole rings is 1. The van der Waals surface area contributed by atoms with Crippen LogP contribution in [-0.2, 0) is 13.1 Å². The fourth-order valence-electron chi connectivity index (χ4n) is 2.01. The lowest BCUT2D eigenvalue weighted by molar-refractivity contribution is 0.0956. The van der Waals surface area contributed by atoms with Gasteiger partial charge < -0.3 is 15.2 Å². The van der Waals surface area contributed by atoms with E-state index in [1.54, 1.807) is 0 Å². The van der Waals surface area contributed by atoms with Crippen LogP contribution in [0, 0.1) is 0 Å². The monoisotopic (exact) mass is 272 g/mol. The first-order valence-corrected chi connectivity index (χ1v) is 6.85. The van der Waals surface area contributed by atoms with E-state index in [1.165, 1.54) is 0 Å². The van der Waals surface area contributed by atoms with Crippen molar-refractivity contribution in [3.63, 3.8) is 0 Å². The van der Waals surface area contributed by atoms with Crippen LogP contribution in [0.1, 0.15) is 29.9 Å². The quantitative estimate of drug-likeness (QED) is 0.848. The van der Waals surface area contributed by atoms with Gasteiger partial charge in [0.15, 0.2) is 0 Å². The molecule has 0 spiro atoms. The van der Waals surface area contributed by atoms with Gasteiger partial charge in [0.25, 0.3) is 5.91 Å². The summed E-state index contributed by atoms with van der Waals surface area (Å²) in [5.41, 5.74) is 2.72. The summed E-state index contributed by atoms with van der Waals surface area (Å²) in [4.78, 5) is 15.9. The summed E-state index contributed by atoms with van der Waals surface area (Å²) >= 11 is 0. The van der Waals surface area contributed by atoms with E-state index in [1.807, 2.05) is 43.7 Å². The molecule has 2 rings (SSSR count). The smallest absolute Gasteiger partial charge is 0.251 e. The van der Waals surface area contributed by atoms with Crippen LogP contribution in [0.15, 0.2) is 36.8 Å². The van der Waals surface area contributed by atoms with Crippen molar-refractivity contribution in [1.82, 2.24) is 14.9 Å². The number of anilines is 1. The molecule has 0 aliphatic heterocycles. The molecule has 0 fully saturated rings. The average Bonchev–Trinajstić information content (AvgIpc) is 2.93. The molecule has 1 heterocycles. The number of benzene rings is 1. The van der Waals surface area contributed by atoms with Crippen LogP contribution in [0.25, 0.3) is 0 Å². The molecule has 0 bridgehead atoms. The molecule has 0 aliphatic carbocycles. The second-order valence-electron chi connectivity index (χ2n) is 4.46. The molecule has 1 amide bonds. The lowest BCUT2D eigenvalue weighted by atomic mass is 10.2. The maximum atomic E-state index is 11.8. The zero-order valence-corrected chi connectivity index (χ0v) is 11.9. The molecule has 5 heteroatoms. The fourth-order valence-corrected chi connectivity index (χ4v) is 2.01. The first kappa shape index (κ1) is 14.1. The number of hydrogen-bond acceptors (Lipinski definition) is 3. The summed E-state index contributed by atoms with van der Waals surface area (Å²) in [6.45, 7) is 6.21. The highest BCUT2D eigenvalue weighted by Gasteiger charge is 2.05. The number of carbonyl (C=O) groups is 1. The van der Waals surface area contributed by atoms with Crippen LogP contribution in [0.4, 0.5) is 5.69 Å². The number of carbonyl (C=O) groups excluding carboxylic acids is 1. The van der Waals surface area contributed by atoms with Crippen molar-refractivity contribution in [2.75, 3.05) is 11.9 Å². The predicted octanol–water partition coefficient (Wildman–Crippen LogP) is 2.26. The van der Waals surface area contributed by atoms with Crippen molar-refractivity contribution in [2.24, 2.45) is 0 Å². The molecule has 1 aromatic carbocycles. The zero-order chi connectivity index (χ0) is 14.4. The van der Waals surface area contributed by atoms with Crippen LogP contribution in [0.5, 0.6) is 0 Å². The second kappa shape index (κ2) is 6.75. The Balaban J connectivity index is 2.03. The minimum atomic E-state index is -0.0465. The van der Waals surface area contributed by atoms with Crippen LogP contribution in [0.3, 0.4) is 0 Å². The first-order chi connectivity index (χ1) is 9.74. The Kier molecular flexibility index (Phi) is 4.76. The SMILES string of the molecule is CCNC(=O)c1cccc(NCc2cncn2CC)c1. The van der Waals surface area contributed by atoms with Crippen molar-refractivity contribution in [2.45, 2.75) is 26.9 Å². The molecular formula is C15H20N4O. The maximum Gasteiger partial charge on any atom is 0.251 e. The van der Waals surface area contributed by atoms with Crippen LogP contribution in [0.2, 0.25) is 0 Å². The Labute approximate surface area is 119 Å². The molecule has 0 radical (unpaired) electrons. The summed E-state index contributed by atoms with van der Waals surface area (Å²) in [5, 5.41) is 6.11. The molecule has 0 unspecified atom stereocenters. The highest BCUT2D eigenvalue weighted by atomic mass is 16.1. The Morgan fingerprint density at radius 2 is 2.20 bits per heavy atom. The number of rotatable bonds is 6. The third kappa shape index (κ3) is 3.38. The van der Waals surface area contributed by atoms with Gasteiger partial charge in [-0.15, -0.1) is 0 Å². The third-order valence-corrected chi connectivity index (χ3v) is 3.07. The lowest BCUT2D eigenvalue weighted by Crippen LogP contribution is -2.22. The molecule has 2 N–H and O–H groups in total. The summed E-state index contributed by atoms with van der Waals surface area (Å²) in [7, 11) is 0. The number of nitrogens with one attached hydrogen (secondary N) is 2. The summed E-state index contributed by atoms with van der Waals surface area (Å²) in [6.07, 6.45) is 3.67. The lowest BCUT2D eigenvalue weighted by Gasteiger charge is -2.09.